The Morgan fingerprint density at radius 1 is 1.08 bits per heavy atom. The van der Waals surface area contributed by atoms with Gasteiger partial charge in [0, 0.05) is 24.2 Å². The number of benzene rings is 2. The van der Waals surface area contributed by atoms with Crippen LogP contribution in [0.5, 0.6) is 17.2 Å². The minimum Gasteiger partial charge on any atom is -0.490 e. The summed E-state index contributed by atoms with van der Waals surface area (Å²) >= 11 is 0. The van der Waals surface area contributed by atoms with Crippen molar-refractivity contribution in [1.82, 2.24) is 0 Å². The van der Waals surface area contributed by atoms with Crippen LogP contribution in [-0.2, 0) is 4.79 Å². The molecular formula is C18H17F2NO4. The van der Waals surface area contributed by atoms with Gasteiger partial charge in [0.1, 0.15) is 5.75 Å². The van der Waals surface area contributed by atoms with Crippen molar-refractivity contribution in [2.75, 3.05) is 18.5 Å². The Hall–Kier alpha value is -2.83. The molecule has 1 aliphatic rings. The maximum Gasteiger partial charge on any atom is 0.265 e. The van der Waals surface area contributed by atoms with E-state index in [4.69, 9.17) is 14.2 Å². The summed E-state index contributed by atoms with van der Waals surface area (Å²) in [5.74, 6) is -1.19. The first-order chi connectivity index (χ1) is 12.0. The topological polar surface area (TPSA) is 56.8 Å². The molecule has 0 aliphatic carbocycles. The van der Waals surface area contributed by atoms with Crippen LogP contribution in [0.1, 0.15) is 13.3 Å². The first kappa shape index (κ1) is 17.0. The highest BCUT2D eigenvalue weighted by atomic mass is 19.2. The van der Waals surface area contributed by atoms with E-state index in [9.17, 15) is 13.6 Å². The van der Waals surface area contributed by atoms with Crippen molar-refractivity contribution in [1.29, 1.82) is 0 Å². The van der Waals surface area contributed by atoms with E-state index in [0.29, 0.717) is 30.4 Å². The van der Waals surface area contributed by atoms with Gasteiger partial charge in [-0.15, -0.1) is 0 Å². The largest absolute Gasteiger partial charge is 0.490 e. The fourth-order valence-corrected chi connectivity index (χ4v) is 2.29. The Morgan fingerprint density at radius 3 is 2.60 bits per heavy atom. The average molecular weight is 349 g/mol. The number of ether oxygens (including phenoxy) is 3. The van der Waals surface area contributed by atoms with Crippen LogP contribution in [-0.4, -0.2) is 25.2 Å². The van der Waals surface area contributed by atoms with Crippen LogP contribution in [0.2, 0.25) is 0 Å². The van der Waals surface area contributed by atoms with Crippen LogP contribution in [0.15, 0.2) is 36.4 Å². The van der Waals surface area contributed by atoms with Crippen molar-refractivity contribution in [3.63, 3.8) is 0 Å². The summed E-state index contributed by atoms with van der Waals surface area (Å²) in [5, 5.41) is 2.69. The summed E-state index contributed by atoms with van der Waals surface area (Å²) in [6.07, 6.45) is -0.115. The zero-order valence-corrected chi connectivity index (χ0v) is 13.6. The summed E-state index contributed by atoms with van der Waals surface area (Å²) in [5.41, 5.74) is 0.523. The van der Waals surface area contributed by atoms with E-state index in [1.165, 1.54) is 13.0 Å². The monoisotopic (exact) mass is 349 g/mol. The molecule has 0 saturated carbocycles. The molecule has 0 spiro atoms. The van der Waals surface area contributed by atoms with Crippen LogP contribution in [0.3, 0.4) is 0 Å². The summed E-state index contributed by atoms with van der Waals surface area (Å²) in [6.45, 7) is 2.64. The Bertz CT molecular complexity index is 782. The highest BCUT2D eigenvalue weighted by Gasteiger charge is 2.17. The van der Waals surface area contributed by atoms with Crippen molar-refractivity contribution in [3.8, 4) is 17.2 Å². The third kappa shape index (κ3) is 4.17. The fourth-order valence-electron chi connectivity index (χ4n) is 2.29. The second-order valence-corrected chi connectivity index (χ2v) is 5.54. The SMILES string of the molecule is CC(Oc1ccc(F)c(F)c1)C(=O)Nc1ccc2c(c1)OCCCO2. The molecule has 1 unspecified atom stereocenters. The number of rotatable bonds is 4. The lowest BCUT2D eigenvalue weighted by atomic mass is 10.2. The van der Waals surface area contributed by atoms with Crippen LogP contribution in [0, 0.1) is 11.6 Å². The average Bonchev–Trinajstić information content (AvgIpc) is 2.83. The van der Waals surface area contributed by atoms with Gasteiger partial charge in [0.25, 0.3) is 5.91 Å². The van der Waals surface area contributed by atoms with Gasteiger partial charge in [0.2, 0.25) is 0 Å². The zero-order valence-electron chi connectivity index (χ0n) is 13.6. The summed E-state index contributed by atoms with van der Waals surface area (Å²) in [6, 6.07) is 8.18. The van der Waals surface area contributed by atoms with Gasteiger partial charge in [-0.3, -0.25) is 4.79 Å². The highest BCUT2D eigenvalue weighted by Crippen LogP contribution is 2.32. The van der Waals surface area contributed by atoms with Crippen LogP contribution >= 0.6 is 0 Å². The molecule has 132 valence electrons. The van der Waals surface area contributed by atoms with Crippen molar-refractivity contribution in [2.45, 2.75) is 19.4 Å². The number of hydrogen-bond acceptors (Lipinski definition) is 4. The predicted molar refractivity (Wildman–Crippen MR) is 87.1 cm³/mol. The van der Waals surface area contributed by atoms with Crippen LogP contribution in [0.4, 0.5) is 14.5 Å². The number of halogens is 2. The molecule has 25 heavy (non-hydrogen) atoms. The molecule has 5 nitrogen and oxygen atoms in total. The van der Waals surface area contributed by atoms with Crippen molar-refractivity contribution >= 4 is 11.6 Å². The van der Waals surface area contributed by atoms with Crippen LogP contribution in [0.25, 0.3) is 0 Å². The number of carbonyl (C=O) groups excluding carboxylic acids is 1. The first-order valence-electron chi connectivity index (χ1n) is 7.85. The van der Waals surface area contributed by atoms with Crippen molar-refractivity contribution in [2.24, 2.45) is 0 Å². The number of carbonyl (C=O) groups is 1. The van der Waals surface area contributed by atoms with E-state index in [-0.39, 0.29) is 5.75 Å². The molecular weight excluding hydrogens is 332 g/mol. The van der Waals surface area contributed by atoms with E-state index >= 15 is 0 Å². The summed E-state index contributed by atoms with van der Waals surface area (Å²) in [7, 11) is 0. The minimum absolute atomic E-state index is 0.0696. The standard InChI is InChI=1S/C18H17F2NO4/c1-11(25-13-4-5-14(19)15(20)10-13)18(22)21-12-3-6-16-17(9-12)24-8-2-7-23-16/h3-6,9-11H,2,7-8H2,1H3,(H,21,22). The number of anilines is 1. The lowest BCUT2D eigenvalue weighted by Gasteiger charge is -2.16. The maximum absolute atomic E-state index is 13.2. The molecule has 2 aromatic rings. The zero-order chi connectivity index (χ0) is 17.8. The van der Waals surface area contributed by atoms with Crippen molar-refractivity contribution in [3.05, 3.63) is 48.0 Å². The van der Waals surface area contributed by atoms with Crippen LogP contribution < -0.4 is 19.5 Å². The lowest BCUT2D eigenvalue weighted by molar-refractivity contribution is -0.122. The molecule has 0 fully saturated rings. The van der Waals surface area contributed by atoms with Gasteiger partial charge in [0.15, 0.2) is 29.2 Å². The summed E-state index contributed by atoms with van der Waals surface area (Å²) in [4.78, 5) is 12.2. The first-order valence-corrected chi connectivity index (χ1v) is 7.85. The molecule has 1 aliphatic heterocycles. The second kappa shape index (κ2) is 7.38. The lowest BCUT2D eigenvalue weighted by Crippen LogP contribution is -2.30. The van der Waals surface area contributed by atoms with E-state index in [1.807, 2.05) is 0 Å². The smallest absolute Gasteiger partial charge is 0.265 e. The Labute approximate surface area is 143 Å². The molecule has 1 atom stereocenters. The predicted octanol–water partition coefficient (Wildman–Crippen LogP) is 3.53. The Balaban J connectivity index is 1.65. The van der Waals surface area contributed by atoms with Gasteiger partial charge < -0.3 is 19.5 Å². The highest BCUT2D eigenvalue weighted by molar-refractivity contribution is 5.94. The van der Waals surface area contributed by atoms with Gasteiger partial charge >= 0.3 is 0 Å². The molecule has 0 aromatic heterocycles. The van der Waals surface area contributed by atoms with Gasteiger partial charge in [-0.2, -0.15) is 0 Å². The van der Waals surface area contributed by atoms with Gasteiger partial charge in [-0.1, -0.05) is 0 Å². The maximum atomic E-state index is 13.2. The van der Waals surface area contributed by atoms with Gasteiger partial charge in [0.05, 0.1) is 13.2 Å². The van der Waals surface area contributed by atoms with E-state index in [2.05, 4.69) is 5.32 Å². The minimum atomic E-state index is -1.03. The number of amides is 1. The third-order valence-electron chi connectivity index (χ3n) is 3.59. The second-order valence-electron chi connectivity index (χ2n) is 5.54. The number of fused-ring (bicyclic) bond motifs is 1. The number of hydrogen-bond donors (Lipinski definition) is 1. The van der Waals surface area contributed by atoms with Crippen molar-refractivity contribution < 1.29 is 27.8 Å². The summed E-state index contributed by atoms with van der Waals surface area (Å²) < 4.78 is 42.5. The molecule has 0 bridgehead atoms. The Morgan fingerprint density at radius 2 is 1.84 bits per heavy atom. The number of nitrogens with one attached hydrogen (secondary N) is 1. The van der Waals surface area contributed by atoms with Gasteiger partial charge in [-0.05, 0) is 31.2 Å². The van der Waals surface area contributed by atoms with E-state index in [1.54, 1.807) is 18.2 Å². The molecule has 1 heterocycles. The quantitative estimate of drug-likeness (QED) is 0.917. The molecule has 3 rings (SSSR count). The molecule has 0 saturated heterocycles. The Kier molecular flexibility index (Phi) is 5.02. The normalized spacial score (nSPS) is 14.4. The molecule has 1 N–H and O–H groups in total. The van der Waals surface area contributed by atoms with E-state index in [0.717, 1.165) is 18.6 Å². The molecule has 1 amide bonds. The van der Waals surface area contributed by atoms with Gasteiger partial charge in [-0.25, -0.2) is 8.78 Å². The fraction of sp³-hybridized carbons (Fsp3) is 0.278. The molecule has 2 aromatic carbocycles. The third-order valence-corrected chi connectivity index (χ3v) is 3.59. The molecule has 0 radical (unpaired) electrons. The molecule has 7 heteroatoms. The van der Waals surface area contributed by atoms with E-state index < -0.39 is 23.6 Å².